The Morgan fingerprint density at radius 1 is 0.952 bits per heavy atom. The van der Waals surface area contributed by atoms with E-state index in [1.165, 1.54) is 0 Å². The summed E-state index contributed by atoms with van der Waals surface area (Å²) < 4.78 is 5.37. The Labute approximate surface area is 124 Å². The van der Waals surface area contributed by atoms with Gasteiger partial charge in [0.1, 0.15) is 6.10 Å². The van der Waals surface area contributed by atoms with E-state index in [0.29, 0.717) is 6.61 Å². The van der Waals surface area contributed by atoms with Crippen molar-refractivity contribution in [3.8, 4) is 0 Å². The van der Waals surface area contributed by atoms with Gasteiger partial charge in [0.2, 0.25) is 0 Å². The zero-order valence-electron chi connectivity index (χ0n) is 11.7. The maximum Gasteiger partial charge on any atom is 0.253 e. The third kappa shape index (κ3) is 3.61. The molecule has 2 N–H and O–H groups in total. The first kappa shape index (κ1) is 13.6. The summed E-state index contributed by atoms with van der Waals surface area (Å²) >= 11 is 0. The van der Waals surface area contributed by atoms with Crippen LogP contribution in [-0.2, 0) is 9.53 Å². The zero-order valence-corrected chi connectivity index (χ0v) is 11.7. The predicted octanol–water partition coefficient (Wildman–Crippen LogP) is 3.55. The molecule has 1 fully saturated rings. The lowest BCUT2D eigenvalue weighted by Crippen LogP contribution is -2.26. The fourth-order valence-electron chi connectivity index (χ4n) is 2.33. The van der Waals surface area contributed by atoms with Crippen molar-refractivity contribution in [2.45, 2.75) is 18.9 Å². The van der Waals surface area contributed by atoms with Gasteiger partial charge in [-0.15, -0.1) is 0 Å². The van der Waals surface area contributed by atoms with E-state index in [9.17, 15) is 4.79 Å². The Bertz CT molecular complexity index is 590. The SMILES string of the molecule is O=C(Nc1ccc(Nc2ccccc2)cc1)[C@@H]1CCCO1. The van der Waals surface area contributed by atoms with Gasteiger partial charge in [0, 0.05) is 23.7 Å². The lowest BCUT2D eigenvalue weighted by molar-refractivity contribution is -0.124. The van der Waals surface area contributed by atoms with Crippen molar-refractivity contribution < 1.29 is 9.53 Å². The Morgan fingerprint density at radius 2 is 1.62 bits per heavy atom. The van der Waals surface area contributed by atoms with Crippen LogP contribution in [0.25, 0.3) is 0 Å². The van der Waals surface area contributed by atoms with Gasteiger partial charge in [-0.05, 0) is 49.2 Å². The highest BCUT2D eigenvalue weighted by atomic mass is 16.5. The molecule has 1 saturated heterocycles. The van der Waals surface area contributed by atoms with Crippen LogP contribution in [0.3, 0.4) is 0 Å². The first-order valence-corrected chi connectivity index (χ1v) is 7.16. The minimum Gasteiger partial charge on any atom is -0.368 e. The number of rotatable bonds is 4. The quantitative estimate of drug-likeness (QED) is 0.901. The van der Waals surface area contributed by atoms with E-state index in [0.717, 1.165) is 29.9 Å². The van der Waals surface area contributed by atoms with Crippen LogP contribution in [0.15, 0.2) is 54.6 Å². The molecule has 2 aromatic rings. The fourth-order valence-corrected chi connectivity index (χ4v) is 2.33. The molecule has 1 heterocycles. The van der Waals surface area contributed by atoms with E-state index < -0.39 is 0 Å². The van der Waals surface area contributed by atoms with Crippen LogP contribution in [0.5, 0.6) is 0 Å². The monoisotopic (exact) mass is 282 g/mol. The van der Waals surface area contributed by atoms with Crippen LogP contribution < -0.4 is 10.6 Å². The number of nitrogens with one attached hydrogen (secondary N) is 2. The van der Waals surface area contributed by atoms with E-state index in [1.807, 2.05) is 54.6 Å². The number of benzene rings is 2. The first-order valence-electron chi connectivity index (χ1n) is 7.16. The molecule has 108 valence electrons. The molecule has 4 heteroatoms. The highest BCUT2D eigenvalue weighted by Crippen LogP contribution is 2.20. The van der Waals surface area contributed by atoms with Crippen LogP contribution in [0.1, 0.15) is 12.8 Å². The second-order valence-corrected chi connectivity index (χ2v) is 5.06. The van der Waals surface area contributed by atoms with Crippen molar-refractivity contribution in [1.29, 1.82) is 0 Å². The molecule has 0 saturated carbocycles. The van der Waals surface area contributed by atoms with Crippen LogP contribution in [-0.4, -0.2) is 18.6 Å². The summed E-state index contributed by atoms with van der Waals surface area (Å²) in [5.74, 6) is -0.0590. The smallest absolute Gasteiger partial charge is 0.253 e. The number of ether oxygens (including phenoxy) is 1. The lowest BCUT2D eigenvalue weighted by Gasteiger charge is -2.11. The molecule has 0 spiro atoms. The lowest BCUT2D eigenvalue weighted by atomic mass is 10.2. The molecule has 21 heavy (non-hydrogen) atoms. The molecular weight excluding hydrogens is 264 g/mol. The molecule has 0 unspecified atom stereocenters. The highest BCUT2D eigenvalue weighted by molar-refractivity contribution is 5.94. The van der Waals surface area contributed by atoms with Gasteiger partial charge < -0.3 is 15.4 Å². The van der Waals surface area contributed by atoms with E-state index in [1.54, 1.807) is 0 Å². The molecule has 0 aliphatic carbocycles. The maximum absolute atomic E-state index is 11.9. The van der Waals surface area contributed by atoms with Crippen molar-refractivity contribution in [1.82, 2.24) is 0 Å². The molecule has 1 amide bonds. The van der Waals surface area contributed by atoms with Crippen LogP contribution in [0.2, 0.25) is 0 Å². The molecular formula is C17H18N2O2. The van der Waals surface area contributed by atoms with Gasteiger partial charge in [0.25, 0.3) is 5.91 Å². The number of carbonyl (C=O) groups is 1. The van der Waals surface area contributed by atoms with Crippen molar-refractivity contribution >= 4 is 23.0 Å². The van der Waals surface area contributed by atoms with Gasteiger partial charge in [-0.3, -0.25) is 4.79 Å². The molecule has 1 aliphatic heterocycles. The molecule has 3 rings (SSSR count). The predicted molar refractivity (Wildman–Crippen MR) is 83.8 cm³/mol. The fraction of sp³-hybridized carbons (Fsp3) is 0.235. The average Bonchev–Trinajstić information content (AvgIpc) is 3.05. The minimum absolute atomic E-state index is 0.0590. The van der Waals surface area contributed by atoms with Gasteiger partial charge in [0.15, 0.2) is 0 Å². The Kier molecular flexibility index (Phi) is 4.17. The molecule has 4 nitrogen and oxygen atoms in total. The van der Waals surface area contributed by atoms with Crippen LogP contribution in [0.4, 0.5) is 17.1 Å². The van der Waals surface area contributed by atoms with Crippen molar-refractivity contribution in [3.05, 3.63) is 54.6 Å². The van der Waals surface area contributed by atoms with Crippen molar-refractivity contribution in [2.24, 2.45) is 0 Å². The summed E-state index contributed by atoms with van der Waals surface area (Å²) in [5, 5.41) is 6.19. The van der Waals surface area contributed by atoms with Gasteiger partial charge in [-0.2, -0.15) is 0 Å². The summed E-state index contributed by atoms with van der Waals surface area (Å²) in [6, 6.07) is 17.6. The highest BCUT2D eigenvalue weighted by Gasteiger charge is 2.23. The number of hydrogen-bond acceptors (Lipinski definition) is 3. The van der Waals surface area contributed by atoms with Crippen LogP contribution in [0, 0.1) is 0 Å². The van der Waals surface area contributed by atoms with E-state index in [2.05, 4.69) is 10.6 Å². The van der Waals surface area contributed by atoms with Gasteiger partial charge >= 0.3 is 0 Å². The number of anilines is 3. The largest absolute Gasteiger partial charge is 0.368 e. The van der Waals surface area contributed by atoms with Gasteiger partial charge in [-0.25, -0.2) is 0 Å². The van der Waals surface area contributed by atoms with Crippen molar-refractivity contribution in [2.75, 3.05) is 17.2 Å². The number of hydrogen-bond donors (Lipinski definition) is 2. The number of amides is 1. The molecule has 0 radical (unpaired) electrons. The van der Waals surface area contributed by atoms with E-state index in [-0.39, 0.29) is 12.0 Å². The molecule has 0 bridgehead atoms. The topological polar surface area (TPSA) is 50.4 Å². The standard InChI is InChI=1S/C17H18N2O2/c20-17(16-7-4-12-21-16)19-15-10-8-14(9-11-15)18-13-5-2-1-3-6-13/h1-3,5-6,8-11,16,18H,4,7,12H2,(H,19,20)/t16-/m0/s1. The summed E-state index contributed by atoms with van der Waals surface area (Å²) in [5.41, 5.74) is 2.80. The zero-order chi connectivity index (χ0) is 14.5. The Balaban J connectivity index is 1.60. The van der Waals surface area contributed by atoms with Gasteiger partial charge in [-0.1, -0.05) is 18.2 Å². The summed E-state index contributed by atoms with van der Waals surface area (Å²) in [6.07, 6.45) is 1.46. The summed E-state index contributed by atoms with van der Waals surface area (Å²) in [7, 11) is 0. The third-order valence-electron chi connectivity index (χ3n) is 3.44. The number of carbonyl (C=O) groups excluding carboxylic acids is 1. The Morgan fingerprint density at radius 3 is 2.29 bits per heavy atom. The van der Waals surface area contributed by atoms with E-state index >= 15 is 0 Å². The molecule has 1 aliphatic rings. The minimum atomic E-state index is -0.299. The second-order valence-electron chi connectivity index (χ2n) is 5.06. The normalized spacial score (nSPS) is 17.4. The van der Waals surface area contributed by atoms with Gasteiger partial charge in [0.05, 0.1) is 0 Å². The molecule has 0 aromatic heterocycles. The average molecular weight is 282 g/mol. The van der Waals surface area contributed by atoms with Crippen LogP contribution >= 0.6 is 0 Å². The van der Waals surface area contributed by atoms with Crippen molar-refractivity contribution in [3.63, 3.8) is 0 Å². The summed E-state index contributed by atoms with van der Waals surface area (Å²) in [6.45, 7) is 0.679. The maximum atomic E-state index is 11.9. The Hall–Kier alpha value is -2.33. The second kappa shape index (κ2) is 6.41. The van der Waals surface area contributed by atoms with E-state index in [4.69, 9.17) is 4.74 Å². The molecule has 2 aromatic carbocycles. The first-order chi connectivity index (χ1) is 10.3. The third-order valence-corrected chi connectivity index (χ3v) is 3.44. The summed E-state index contributed by atoms with van der Waals surface area (Å²) in [4.78, 5) is 11.9. The molecule has 1 atom stereocenters. The number of para-hydroxylation sites is 1.